The van der Waals surface area contributed by atoms with Crippen molar-refractivity contribution in [2.75, 3.05) is 13.1 Å². The second kappa shape index (κ2) is 8.86. The molecule has 3 aromatic rings. The number of hydrogen-bond acceptors (Lipinski definition) is 5. The SMILES string of the molecule is O=C(c1ccc(OC(F)(F)F)cc1)N1CCC(c2c(F)cnc3[nH]c4c(c23)CC/C(=N/O)C4)CC1. The number of oxime groups is 1. The van der Waals surface area contributed by atoms with E-state index in [1.54, 1.807) is 4.90 Å². The Bertz CT molecular complexity index is 1290. The third-order valence-electron chi connectivity index (χ3n) is 6.72. The normalized spacial score (nSPS) is 18.2. The van der Waals surface area contributed by atoms with Gasteiger partial charge in [0.2, 0.25) is 0 Å². The third kappa shape index (κ3) is 4.54. The first-order chi connectivity index (χ1) is 16.7. The molecule has 1 amide bonds. The maximum Gasteiger partial charge on any atom is 0.573 e. The summed E-state index contributed by atoms with van der Waals surface area (Å²) in [7, 11) is 0. The number of rotatable bonds is 3. The van der Waals surface area contributed by atoms with Gasteiger partial charge >= 0.3 is 6.36 Å². The summed E-state index contributed by atoms with van der Waals surface area (Å²) in [4.78, 5) is 22.0. The third-order valence-corrected chi connectivity index (χ3v) is 6.72. The second-order valence-electron chi connectivity index (χ2n) is 8.81. The Kier molecular flexibility index (Phi) is 5.86. The molecule has 0 radical (unpaired) electrons. The van der Waals surface area contributed by atoms with Crippen LogP contribution >= 0.6 is 0 Å². The maximum absolute atomic E-state index is 15.1. The van der Waals surface area contributed by atoms with E-state index in [1.807, 2.05) is 0 Å². The minimum Gasteiger partial charge on any atom is -0.411 e. The van der Waals surface area contributed by atoms with Crippen LogP contribution < -0.4 is 4.74 Å². The number of ether oxygens (including phenoxy) is 1. The number of carbonyl (C=O) groups is 1. The van der Waals surface area contributed by atoms with Crippen molar-refractivity contribution < 1.29 is 32.3 Å². The molecule has 2 aliphatic rings. The van der Waals surface area contributed by atoms with Gasteiger partial charge in [0, 0.05) is 41.7 Å². The van der Waals surface area contributed by atoms with Crippen LogP contribution in [0.25, 0.3) is 11.0 Å². The number of aromatic amines is 1. The fourth-order valence-electron chi connectivity index (χ4n) is 5.10. The summed E-state index contributed by atoms with van der Waals surface area (Å²) in [6.45, 7) is 0.781. The zero-order valence-electron chi connectivity index (χ0n) is 18.5. The first kappa shape index (κ1) is 23.1. The van der Waals surface area contributed by atoms with Gasteiger partial charge in [0.1, 0.15) is 17.2 Å². The lowest BCUT2D eigenvalue weighted by atomic mass is 9.84. The number of H-pyrrole nitrogens is 1. The Hall–Kier alpha value is -3.63. The molecule has 2 N–H and O–H groups in total. The monoisotopic (exact) mass is 490 g/mol. The van der Waals surface area contributed by atoms with Crippen molar-refractivity contribution >= 4 is 22.7 Å². The molecule has 0 atom stereocenters. The van der Waals surface area contributed by atoms with Crippen molar-refractivity contribution in [1.29, 1.82) is 0 Å². The van der Waals surface area contributed by atoms with Crippen molar-refractivity contribution in [3.05, 3.63) is 58.7 Å². The highest BCUT2D eigenvalue weighted by Crippen LogP contribution is 2.39. The molecular weight excluding hydrogens is 468 g/mol. The number of alkyl halides is 3. The highest BCUT2D eigenvalue weighted by molar-refractivity contribution is 5.95. The minimum absolute atomic E-state index is 0.111. The van der Waals surface area contributed by atoms with Gasteiger partial charge in [0.25, 0.3) is 5.91 Å². The number of hydrogen-bond donors (Lipinski definition) is 2. The molecule has 0 saturated carbocycles. The number of aromatic nitrogens is 2. The zero-order chi connectivity index (χ0) is 24.7. The molecule has 0 unspecified atom stereocenters. The lowest BCUT2D eigenvalue weighted by Gasteiger charge is -2.33. The summed E-state index contributed by atoms with van der Waals surface area (Å²) < 4.78 is 56.0. The molecule has 3 heterocycles. The Morgan fingerprint density at radius 1 is 1.17 bits per heavy atom. The molecule has 1 aliphatic carbocycles. The summed E-state index contributed by atoms with van der Waals surface area (Å²) in [6, 6.07) is 4.83. The maximum atomic E-state index is 15.1. The fraction of sp³-hybridized carbons (Fsp3) is 0.375. The summed E-state index contributed by atoms with van der Waals surface area (Å²) in [5, 5.41) is 13.2. The molecule has 7 nitrogen and oxygen atoms in total. The molecule has 184 valence electrons. The average molecular weight is 490 g/mol. The molecule has 11 heteroatoms. The molecule has 1 aliphatic heterocycles. The van der Waals surface area contributed by atoms with Gasteiger partial charge in [-0.2, -0.15) is 0 Å². The van der Waals surface area contributed by atoms with Crippen LogP contribution in [-0.2, 0) is 12.8 Å². The largest absolute Gasteiger partial charge is 0.573 e. The number of benzene rings is 1. The van der Waals surface area contributed by atoms with E-state index < -0.39 is 12.1 Å². The Labute approximate surface area is 197 Å². The van der Waals surface area contributed by atoms with Crippen molar-refractivity contribution in [3.63, 3.8) is 0 Å². The molecule has 1 aromatic carbocycles. The zero-order valence-corrected chi connectivity index (χ0v) is 18.5. The van der Waals surface area contributed by atoms with E-state index in [-0.39, 0.29) is 23.2 Å². The van der Waals surface area contributed by atoms with E-state index in [9.17, 15) is 18.0 Å². The lowest BCUT2D eigenvalue weighted by Crippen LogP contribution is -2.38. The van der Waals surface area contributed by atoms with Gasteiger partial charge in [-0.25, -0.2) is 9.37 Å². The summed E-state index contributed by atoms with van der Waals surface area (Å²) in [6.07, 6.45) is -0.828. The van der Waals surface area contributed by atoms with Gasteiger partial charge in [0.05, 0.1) is 11.9 Å². The number of likely N-dealkylation sites (tertiary alicyclic amines) is 1. The van der Waals surface area contributed by atoms with E-state index in [4.69, 9.17) is 5.21 Å². The fourth-order valence-corrected chi connectivity index (χ4v) is 5.10. The summed E-state index contributed by atoms with van der Waals surface area (Å²) in [5.41, 5.74) is 3.99. The van der Waals surface area contributed by atoms with Crippen LogP contribution in [0.5, 0.6) is 5.75 Å². The van der Waals surface area contributed by atoms with E-state index >= 15 is 4.39 Å². The number of fused-ring (bicyclic) bond motifs is 3. The van der Waals surface area contributed by atoms with Gasteiger partial charge in [-0.15, -0.1) is 13.2 Å². The van der Waals surface area contributed by atoms with Crippen LogP contribution in [-0.4, -0.2) is 51.1 Å². The second-order valence-corrected chi connectivity index (χ2v) is 8.81. The van der Waals surface area contributed by atoms with Crippen LogP contribution in [0.4, 0.5) is 17.6 Å². The van der Waals surface area contributed by atoms with Crippen molar-refractivity contribution in [2.45, 2.75) is 44.4 Å². The predicted molar refractivity (Wildman–Crippen MR) is 118 cm³/mol. The van der Waals surface area contributed by atoms with E-state index in [0.717, 1.165) is 28.8 Å². The van der Waals surface area contributed by atoms with Crippen molar-refractivity contribution in [1.82, 2.24) is 14.9 Å². The topological polar surface area (TPSA) is 90.8 Å². The number of nitrogens with one attached hydrogen (secondary N) is 1. The minimum atomic E-state index is -4.80. The highest BCUT2D eigenvalue weighted by atomic mass is 19.4. The summed E-state index contributed by atoms with van der Waals surface area (Å²) >= 11 is 0. The smallest absolute Gasteiger partial charge is 0.411 e. The van der Waals surface area contributed by atoms with Crippen LogP contribution in [0.2, 0.25) is 0 Å². The number of aryl methyl sites for hydroxylation is 1. The quantitative estimate of drug-likeness (QED) is 0.309. The summed E-state index contributed by atoms with van der Waals surface area (Å²) in [5.74, 6) is -1.18. The number of piperidine rings is 1. The van der Waals surface area contributed by atoms with E-state index in [0.29, 0.717) is 62.1 Å². The number of carbonyl (C=O) groups excluding carboxylic acids is 1. The molecule has 0 spiro atoms. The van der Waals surface area contributed by atoms with Gasteiger partial charge in [0.15, 0.2) is 0 Å². The van der Waals surface area contributed by atoms with Crippen molar-refractivity contribution in [2.24, 2.45) is 5.16 Å². The number of amides is 1. The van der Waals surface area contributed by atoms with Crippen molar-refractivity contribution in [3.8, 4) is 5.75 Å². The van der Waals surface area contributed by atoms with Gasteiger partial charge in [-0.05, 0) is 61.4 Å². The van der Waals surface area contributed by atoms with Gasteiger partial charge in [-0.3, -0.25) is 4.79 Å². The molecule has 2 aromatic heterocycles. The van der Waals surface area contributed by atoms with Crippen LogP contribution in [0.15, 0.2) is 35.6 Å². The lowest BCUT2D eigenvalue weighted by molar-refractivity contribution is -0.274. The van der Waals surface area contributed by atoms with Crippen LogP contribution in [0.3, 0.4) is 0 Å². The molecule has 5 rings (SSSR count). The number of pyridine rings is 1. The highest BCUT2D eigenvalue weighted by Gasteiger charge is 2.32. The molecule has 0 bridgehead atoms. The van der Waals surface area contributed by atoms with Gasteiger partial charge < -0.3 is 19.8 Å². The predicted octanol–water partition coefficient (Wildman–Crippen LogP) is 4.94. The Balaban J connectivity index is 1.33. The van der Waals surface area contributed by atoms with Crippen LogP contribution in [0, 0.1) is 5.82 Å². The Morgan fingerprint density at radius 2 is 1.89 bits per heavy atom. The number of halogens is 4. The van der Waals surface area contributed by atoms with Crippen LogP contribution in [0.1, 0.15) is 52.4 Å². The molecule has 1 fully saturated rings. The Morgan fingerprint density at radius 3 is 2.54 bits per heavy atom. The standard InChI is InChI=1S/C24H22F4N4O3/c25-18-12-29-22-21(17-6-3-15(31-34)11-19(17)30-22)20(18)13-7-9-32(10-8-13)23(33)14-1-4-16(5-2-14)35-24(26,27)28/h1-2,4-5,12-13,34H,3,6-11H2,(H,29,30)/b31-15-. The molecule has 35 heavy (non-hydrogen) atoms. The first-order valence-electron chi connectivity index (χ1n) is 11.3. The van der Waals surface area contributed by atoms with E-state index in [2.05, 4.69) is 19.9 Å². The van der Waals surface area contributed by atoms with E-state index in [1.165, 1.54) is 18.3 Å². The molecular formula is C24H22F4N4O3. The first-order valence-corrected chi connectivity index (χ1v) is 11.3. The van der Waals surface area contributed by atoms with Gasteiger partial charge in [-0.1, -0.05) is 5.16 Å². The number of nitrogens with zero attached hydrogens (tertiary/aromatic N) is 3. The average Bonchev–Trinajstić information content (AvgIpc) is 3.21. The molecule has 1 saturated heterocycles.